The van der Waals surface area contributed by atoms with Gasteiger partial charge in [0.05, 0.1) is 11.5 Å². The van der Waals surface area contributed by atoms with Crippen molar-refractivity contribution in [3.8, 4) is 0 Å². The Morgan fingerprint density at radius 1 is 1.11 bits per heavy atom. The standard InChI is InChI=1S/C19H36N4O2S.HI/c1-15(2)21-19(20-13-16-9-12-26(24,25)14-16)22-17-7-10-23(11-8-17)18-5-3-4-6-18;/h15-18H,3-14H2,1-2H3,(H2,20,21,22);1H. The lowest BCUT2D eigenvalue weighted by molar-refractivity contribution is 0.150. The number of piperidine rings is 1. The van der Waals surface area contributed by atoms with E-state index in [1.807, 2.05) is 0 Å². The van der Waals surface area contributed by atoms with E-state index in [0.29, 0.717) is 30.1 Å². The molecule has 2 aliphatic heterocycles. The molecule has 6 nitrogen and oxygen atoms in total. The van der Waals surface area contributed by atoms with Crippen molar-refractivity contribution in [3.05, 3.63) is 0 Å². The lowest BCUT2D eigenvalue weighted by Crippen LogP contribution is -2.51. The second kappa shape index (κ2) is 10.6. The van der Waals surface area contributed by atoms with Crippen LogP contribution in [-0.2, 0) is 9.84 Å². The van der Waals surface area contributed by atoms with E-state index in [9.17, 15) is 8.42 Å². The monoisotopic (exact) mass is 512 g/mol. The maximum Gasteiger partial charge on any atom is 0.191 e. The first kappa shape index (κ1) is 23.2. The van der Waals surface area contributed by atoms with Crippen LogP contribution in [0.25, 0.3) is 0 Å². The summed E-state index contributed by atoms with van der Waals surface area (Å²) in [6, 6.07) is 1.60. The van der Waals surface area contributed by atoms with Crippen LogP contribution < -0.4 is 10.6 Å². The fourth-order valence-electron chi connectivity index (χ4n) is 4.51. The summed E-state index contributed by atoms with van der Waals surface area (Å²) in [6.07, 6.45) is 8.62. The predicted octanol–water partition coefficient (Wildman–Crippen LogP) is 2.39. The summed E-state index contributed by atoms with van der Waals surface area (Å²) < 4.78 is 23.3. The number of nitrogens with zero attached hydrogens (tertiary/aromatic N) is 2. The van der Waals surface area contributed by atoms with Gasteiger partial charge in [-0.2, -0.15) is 0 Å². The summed E-state index contributed by atoms with van der Waals surface area (Å²) in [7, 11) is -2.82. The average Bonchev–Trinajstić information content (AvgIpc) is 3.22. The fraction of sp³-hybridized carbons (Fsp3) is 0.947. The van der Waals surface area contributed by atoms with Gasteiger partial charge in [0.15, 0.2) is 15.8 Å². The van der Waals surface area contributed by atoms with Gasteiger partial charge in [-0.15, -0.1) is 24.0 Å². The molecule has 0 aromatic carbocycles. The third-order valence-electron chi connectivity index (χ3n) is 5.97. The van der Waals surface area contributed by atoms with Crippen LogP contribution in [0.1, 0.15) is 58.8 Å². The smallest absolute Gasteiger partial charge is 0.191 e. The van der Waals surface area contributed by atoms with E-state index < -0.39 is 9.84 Å². The molecule has 0 spiro atoms. The lowest BCUT2D eigenvalue weighted by atomic mass is 10.0. The average molecular weight is 513 g/mol. The molecule has 2 N–H and O–H groups in total. The molecular weight excluding hydrogens is 475 g/mol. The van der Waals surface area contributed by atoms with Crippen molar-refractivity contribution >= 4 is 39.8 Å². The van der Waals surface area contributed by atoms with E-state index in [1.165, 1.54) is 38.8 Å². The quantitative estimate of drug-likeness (QED) is 0.336. The molecule has 0 aromatic heterocycles. The van der Waals surface area contributed by atoms with E-state index >= 15 is 0 Å². The Morgan fingerprint density at radius 2 is 1.78 bits per heavy atom. The van der Waals surface area contributed by atoms with Gasteiger partial charge in [0.25, 0.3) is 0 Å². The summed E-state index contributed by atoms with van der Waals surface area (Å²) >= 11 is 0. The molecule has 3 aliphatic rings. The van der Waals surface area contributed by atoms with Crippen LogP contribution in [0.15, 0.2) is 4.99 Å². The van der Waals surface area contributed by atoms with Crippen LogP contribution in [0, 0.1) is 5.92 Å². The Kier molecular flexibility index (Phi) is 9.12. The van der Waals surface area contributed by atoms with Gasteiger partial charge in [-0.1, -0.05) is 12.8 Å². The number of nitrogens with one attached hydrogen (secondary N) is 2. The van der Waals surface area contributed by atoms with Gasteiger partial charge >= 0.3 is 0 Å². The number of guanidine groups is 1. The van der Waals surface area contributed by atoms with Crippen molar-refractivity contribution in [1.82, 2.24) is 15.5 Å². The van der Waals surface area contributed by atoms with Gasteiger partial charge in [0.1, 0.15) is 0 Å². The highest BCUT2D eigenvalue weighted by Crippen LogP contribution is 2.26. The van der Waals surface area contributed by atoms with E-state index in [1.54, 1.807) is 0 Å². The zero-order chi connectivity index (χ0) is 18.6. The first-order valence-electron chi connectivity index (χ1n) is 10.4. The molecule has 1 atom stereocenters. The molecule has 3 rings (SSSR count). The second-order valence-corrected chi connectivity index (χ2v) is 10.9. The first-order valence-corrected chi connectivity index (χ1v) is 12.3. The van der Waals surface area contributed by atoms with Crippen molar-refractivity contribution in [1.29, 1.82) is 0 Å². The number of sulfone groups is 1. The molecule has 2 saturated heterocycles. The molecule has 1 unspecified atom stereocenters. The van der Waals surface area contributed by atoms with Crippen molar-refractivity contribution in [2.24, 2.45) is 10.9 Å². The predicted molar refractivity (Wildman–Crippen MR) is 123 cm³/mol. The topological polar surface area (TPSA) is 73.8 Å². The summed E-state index contributed by atoms with van der Waals surface area (Å²) in [6.45, 7) is 7.18. The van der Waals surface area contributed by atoms with Crippen LogP contribution in [0.3, 0.4) is 0 Å². The van der Waals surface area contributed by atoms with Crippen LogP contribution in [0.2, 0.25) is 0 Å². The molecule has 8 heteroatoms. The summed E-state index contributed by atoms with van der Waals surface area (Å²) in [5.74, 6) is 1.65. The van der Waals surface area contributed by atoms with Gasteiger partial charge in [-0.05, 0) is 51.9 Å². The number of aliphatic imine (C=N–C) groups is 1. The highest BCUT2D eigenvalue weighted by molar-refractivity contribution is 14.0. The third kappa shape index (κ3) is 7.34. The number of rotatable bonds is 5. The molecular formula is C19H37IN4O2S. The molecule has 0 amide bonds. The molecule has 158 valence electrons. The Bertz CT molecular complexity index is 583. The molecule has 2 heterocycles. The van der Waals surface area contributed by atoms with E-state index in [4.69, 9.17) is 4.99 Å². The largest absolute Gasteiger partial charge is 0.354 e. The number of halogens is 1. The van der Waals surface area contributed by atoms with Crippen LogP contribution in [0.5, 0.6) is 0 Å². The molecule has 0 bridgehead atoms. The molecule has 0 aromatic rings. The fourth-order valence-corrected chi connectivity index (χ4v) is 6.36. The van der Waals surface area contributed by atoms with Crippen molar-refractivity contribution in [2.45, 2.75) is 76.9 Å². The maximum atomic E-state index is 11.6. The minimum Gasteiger partial charge on any atom is -0.354 e. The van der Waals surface area contributed by atoms with Gasteiger partial charge in [0.2, 0.25) is 0 Å². The Morgan fingerprint density at radius 3 is 2.33 bits per heavy atom. The van der Waals surface area contributed by atoms with Crippen LogP contribution >= 0.6 is 24.0 Å². The van der Waals surface area contributed by atoms with Crippen molar-refractivity contribution in [2.75, 3.05) is 31.1 Å². The maximum absolute atomic E-state index is 11.6. The van der Waals surface area contributed by atoms with Crippen LogP contribution in [-0.4, -0.2) is 68.5 Å². The van der Waals surface area contributed by atoms with E-state index in [-0.39, 0.29) is 29.9 Å². The van der Waals surface area contributed by atoms with Crippen molar-refractivity contribution in [3.63, 3.8) is 0 Å². The summed E-state index contributed by atoms with van der Waals surface area (Å²) in [5.41, 5.74) is 0. The van der Waals surface area contributed by atoms with Gasteiger partial charge in [0, 0.05) is 37.8 Å². The summed E-state index contributed by atoms with van der Waals surface area (Å²) in [4.78, 5) is 7.40. The van der Waals surface area contributed by atoms with Gasteiger partial charge in [-0.3, -0.25) is 4.99 Å². The number of hydrogen-bond acceptors (Lipinski definition) is 4. The number of hydrogen-bond donors (Lipinski definition) is 2. The lowest BCUT2D eigenvalue weighted by Gasteiger charge is -2.36. The normalized spacial score (nSPS) is 27.7. The van der Waals surface area contributed by atoms with Gasteiger partial charge < -0.3 is 15.5 Å². The Balaban J connectivity index is 0.00000261. The zero-order valence-electron chi connectivity index (χ0n) is 16.8. The first-order chi connectivity index (χ1) is 12.4. The second-order valence-electron chi connectivity index (χ2n) is 8.65. The van der Waals surface area contributed by atoms with Crippen LogP contribution in [0.4, 0.5) is 0 Å². The highest BCUT2D eigenvalue weighted by atomic mass is 127. The Hall–Kier alpha value is -0.0900. The SMILES string of the molecule is CC(C)NC(=NCC1CCS(=O)(=O)C1)NC1CCN(C2CCCC2)CC1.I. The summed E-state index contributed by atoms with van der Waals surface area (Å²) in [5, 5.41) is 7.02. The zero-order valence-corrected chi connectivity index (χ0v) is 20.0. The van der Waals surface area contributed by atoms with E-state index in [2.05, 4.69) is 29.4 Å². The number of likely N-dealkylation sites (tertiary alicyclic amines) is 1. The third-order valence-corrected chi connectivity index (χ3v) is 7.81. The minimum absolute atomic E-state index is 0. The van der Waals surface area contributed by atoms with Crippen molar-refractivity contribution < 1.29 is 8.42 Å². The highest BCUT2D eigenvalue weighted by Gasteiger charge is 2.29. The molecule has 27 heavy (non-hydrogen) atoms. The Labute approximate surface area is 182 Å². The molecule has 1 saturated carbocycles. The molecule has 0 radical (unpaired) electrons. The van der Waals surface area contributed by atoms with E-state index in [0.717, 1.165) is 31.3 Å². The molecule has 1 aliphatic carbocycles. The molecule has 3 fully saturated rings. The van der Waals surface area contributed by atoms with Gasteiger partial charge in [-0.25, -0.2) is 8.42 Å². The minimum atomic E-state index is -2.82.